The standard InChI is InChI=1S/C13H18N2O/c1-9-5-6-12(10(2)8-9)15-7-3-4-11(14)13(15)16/h5-6,8,11H,3-4,7,14H2,1-2H3. The molecular weight excluding hydrogens is 200 g/mol. The number of rotatable bonds is 1. The van der Waals surface area contributed by atoms with E-state index in [1.54, 1.807) is 0 Å². The van der Waals surface area contributed by atoms with Crippen molar-refractivity contribution in [1.82, 2.24) is 0 Å². The Bertz CT molecular complexity index is 414. The number of anilines is 1. The van der Waals surface area contributed by atoms with Gasteiger partial charge in [0.1, 0.15) is 0 Å². The van der Waals surface area contributed by atoms with Gasteiger partial charge in [-0.15, -0.1) is 0 Å². The molecule has 1 aromatic rings. The van der Waals surface area contributed by atoms with E-state index in [1.807, 2.05) is 24.0 Å². The van der Waals surface area contributed by atoms with Gasteiger partial charge in [-0.3, -0.25) is 4.79 Å². The predicted octanol–water partition coefficient (Wildman–Crippen LogP) is 1.76. The number of hydrogen-bond acceptors (Lipinski definition) is 2. The van der Waals surface area contributed by atoms with Crippen molar-refractivity contribution in [1.29, 1.82) is 0 Å². The first kappa shape index (κ1) is 11.1. The van der Waals surface area contributed by atoms with Crippen LogP contribution in [0.5, 0.6) is 0 Å². The van der Waals surface area contributed by atoms with Crippen LogP contribution in [0.2, 0.25) is 0 Å². The van der Waals surface area contributed by atoms with Crippen LogP contribution in [0, 0.1) is 13.8 Å². The fourth-order valence-corrected chi connectivity index (χ4v) is 2.25. The molecule has 1 heterocycles. The third kappa shape index (κ3) is 1.95. The van der Waals surface area contributed by atoms with Crippen molar-refractivity contribution < 1.29 is 4.79 Å². The van der Waals surface area contributed by atoms with E-state index in [-0.39, 0.29) is 11.9 Å². The summed E-state index contributed by atoms with van der Waals surface area (Å²) in [5.41, 5.74) is 9.16. The zero-order valence-corrected chi connectivity index (χ0v) is 9.86. The van der Waals surface area contributed by atoms with E-state index in [4.69, 9.17) is 5.73 Å². The molecule has 1 atom stereocenters. The van der Waals surface area contributed by atoms with E-state index in [9.17, 15) is 4.79 Å². The van der Waals surface area contributed by atoms with Crippen molar-refractivity contribution in [3.63, 3.8) is 0 Å². The molecule has 1 aliphatic rings. The van der Waals surface area contributed by atoms with Gasteiger partial charge in [0.15, 0.2) is 0 Å². The number of piperidine rings is 1. The molecule has 0 radical (unpaired) electrons. The summed E-state index contributed by atoms with van der Waals surface area (Å²) < 4.78 is 0. The molecule has 3 heteroatoms. The average molecular weight is 218 g/mol. The minimum absolute atomic E-state index is 0.0539. The minimum atomic E-state index is -0.325. The lowest BCUT2D eigenvalue weighted by atomic mass is 10.0. The van der Waals surface area contributed by atoms with E-state index in [0.717, 1.165) is 30.6 Å². The molecule has 1 unspecified atom stereocenters. The third-order valence-electron chi connectivity index (χ3n) is 3.12. The molecule has 1 aliphatic heterocycles. The van der Waals surface area contributed by atoms with Crippen molar-refractivity contribution in [3.05, 3.63) is 29.3 Å². The monoisotopic (exact) mass is 218 g/mol. The number of carbonyl (C=O) groups excluding carboxylic acids is 1. The van der Waals surface area contributed by atoms with Crippen LogP contribution in [0.1, 0.15) is 24.0 Å². The molecule has 2 N–H and O–H groups in total. The van der Waals surface area contributed by atoms with E-state index >= 15 is 0 Å². The second kappa shape index (κ2) is 4.26. The molecule has 0 bridgehead atoms. The molecule has 1 aromatic carbocycles. The smallest absolute Gasteiger partial charge is 0.243 e. The summed E-state index contributed by atoms with van der Waals surface area (Å²) in [6, 6.07) is 5.83. The van der Waals surface area contributed by atoms with Crippen LogP contribution in [0.4, 0.5) is 5.69 Å². The van der Waals surface area contributed by atoms with Gasteiger partial charge in [-0.2, -0.15) is 0 Å². The summed E-state index contributed by atoms with van der Waals surface area (Å²) in [5, 5.41) is 0. The first-order chi connectivity index (χ1) is 7.59. The molecule has 16 heavy (non-hydrogen) atoms. The molecule has 0 aromatic heterocycles. The molecule has 0 saturated carbocycles. The fraction of sp³-hybridized carbons (Fsp3) is 0.462. The Kier molecular flexibility index (Phi) is 2.97. The van der Waals surface area contributed by atoms with Gasteiger partial charge in [0.05, 0.1) is 6.04 Å². The zero-order valence-electron chi connectivity index (χ0n) is 9.86. The molecule has 0 aliphatic carbocycles. The van der Waals surface area contributed by atoms with Crippen LogP contribution in [-0.4, -0.2) is 18.5 Å². The lowest BCUT2D eigenvalue weighted by molar-refractivity contribution is -0.120. The Labute approximate surface area is 96.2 Å². The van der Waals surface area contributed by atoms with Crippen molar-refractivity contribution in [2.24, 2.45) is 5.73 Å². The van der Waals surface area contributed by atoms with Crippen LogP contribution >= 0.6 is 0 Å². The van der Waals surface area contributed by atoms with E-state index in [2.05, 4.69) is 13.0 Å². The van der Waals surface area contributed by atoms with E-state index in [1.165, 1.54) is 5.56 Å². The second-order valence-electron chi connectivity index (χ2n) is 4.53. The highest BCUT2D eigenvalue weighted by atomic mass is 16.2. The molecule has 1 saturated heterocycles. The summed E-state index contributed by atoms with van der Waals surface area (Å²) in [6.07, 6.45) is 1.79. The van der Waals surface area contributed by atoms with Gasteiger partial charge in [0.25, 0.3) is 0 Å². The quantitative estimate of drug-likeness (QED) is 0.780. The number of carbonyl (C=O) groups is 1. The number of hydrogen-bond donors (Lipinski definition) is 1. The normalized spacial score (nSPS) is 21.3. The van der Waals surface area contributed by atoms with Crippen LogP contribution in [0.25, 0.3) is 0 Å². The summed E-state index contributed by atoms with van der Waals surface area (Å²) in [5.74, 6) is 0.0539. The summed E-state index contributed by atoms with van der Waals surface area (Å²) in [6.45, 7) is 4.88. The van der Waals surface area contributed by atoms with Crippen molar-refractivity contribution in [2.45, 2.75) is 32.7 Å². The molecule has 86 valence electrons. The highest BCUT2D eigenvalue weighted by Gasteiger charge is 2.27. The molecule has 3 nitrogen and oxygen atoms in total. The number of nitrogens with two attached hydrogens (primary N) is 1. The largest absolute Gasteiger partial charge is 0.320 e. The molecule has 0 spiro atoms. The number of amides is 1. The van der Waals surface area contributed by atoms with Gasteiger partial charge >= 0.3 is 0 Å². The minimum Gasteiger partial charge on any atom is -0.320 e. The predicted molar refractivity (Wildman–Crippen MR) is 65.5 cm³/mol. The molecule has 1 fully saturated rings. The van der Waals surface area contributed by atoms with Gasteiger partial charge < -0.3 is 10.6 Å². The van der Waals surface area contributed by atoms with Gasteiger partial charge in [-0.1, -0.05) is 17.7 Å². The summed E-state index contributed by atoms with van der Waals surface area (Å²) in [7, 11) is 0. The van der Waals surface area contributed by atoms with Crippen LogP contribution in [0.15, 0.2) is 18.2 Å². The van der Waals surface area contributed by atoms with Gasteiger partial charge in [-0.05, 0) is 38.3 Å². The highest BCUT2D eigenvalue weighted by molar-refractivity contribution is 5.98. The fourth-order valence-electron chi connectivity index (χ4n) is 2.25. The summed E-state index contributed by atoms with van der Waals surface area (Å²) in [4.78, 5) is 13.8. The van der Waals surface area contributed by atoms with Crippen molar-refractivity contribution in [3.8, 4) is 0 Å². The Morgan fingerprint density at radius 1 is 1.38 bits per heavy atom. The second-order valence-corrected chi connectivity index (χ2v) is 4.53. The SMILES string of the molecule is Cc1ccc(N2CCCC(N)C2=O)c(C)c1. The van der Waals surface area contributed by atoms with E-state index < -0.39 is 0 Å². The molecular formula is C13H18N2O. The Balaban J connectivity index is 2.32. The van der Waals surface area contributed by atoms with Crippen molar-refractivity contribution in [2.75, 3.05) is 11.4 Å². The number of nitrogens with zero attached hydrogens (tertiary/aromatic N) is 1. The average Bonchev–Trinajstić information content (AvgIpc) is 2.23. The maximum absolute atomic E-state index is 12.0. The van der Waals surface area contributed by atoms with Gasteiger partial charge in [-0.25, -0.2) is 0 Å². The van der Waals surface area contributed by atoms with Crippen LogP contribution in [-0.2, 0) is 4.79 Å². The first-order valence-electron chi connectivity index (χ1n) is 5.74. The van der Waals surface area contributed by atoms with Crippen LogP contribution < -0.4 is 10.6 Å². The maximum atomic E-state index is 12.0. The number of benzene rings is 1. The Morgan fingerprint density at radius 2 is 2.12 bits per heavy atom. The van der Waals surface area contributed by atoms with Gasteiger partial charge in [0, 0.05) is 12.2 Å². The lowest BCUT2D eigenvalue weighted by Gasteiger charge is -2.31. The van der Waals surface area contributed by atoms with Gasteiger partial charge in [0.2, 0.25) is 5.91 Å². The first-order valence-corrected chi connectivity index (χ1v) is 5.74. The third-order valence-corrected chi connectivity index (χ3v) is 3.12. The Hall–Kier alpha value is -1.35. The molecule has 2 rings (SSSR count). The molecule has 1 amide bonds. The topological polar surface area (TPSA) is 46.3 Å². The highest BCUT2D eigenvalue weighted by Crippen LogP contribution is 2.24. The Morgan fingerprint density at radius 3 is 2.81 bits per heavy atom. The number of aryl methyl sites for hydroxylation is 2. The maximum Gasteiger partial charge on any atom is 0.243 e. The van der Waals surface area contributed by atoms with E-state index in [0.29, 0.717) is 0 Å². The zero-order chi connectivity index (χ0) is 11.7. The van der Waals surface area contributed by atoms with Crippen LogP contribution in [0.3, 0.4) is 0 Å². The lowest BCUT2D eigenvalue weighted by Crippen LogP contribution is -2.48. The summed E-state index contributed by atoms with van der Waals surface area (Å²) >= 11 is 0. The van der Waals surface area contributed by atoms with Crippen molar-refractivity contribution >= 4 is 11.6 Å².